The second-order valence-corrected chi connectivity index (χ2v) is 4.15. The van der Waals surface area contributed by atoms with Crippen molar-refractivity contribution in [1.29, 1.82) is 0 Å². The van der Waals surface area contributed by atoms with Crippen molar-refractivity contribution in [2.24, 2.45) is 0 Å². The molecule has 0 atom stereocenters. The topological polar surface area (TPSA) is 122 Å². The molecule has 3 N–H and O–H groups in total. The summed E-state index contributed by atoms with van der Waals surface area (Å²) >= 11 is 0. The van der Waals surface area contributed by atoms with E-state index in [4.69, 9.17) is 14.4 Å². The number of nitrogens with one attached hydrogen (secondary N) is 1. The molecule has 1 aromatic carbocycles. The summed E-state index contributed by atoms with van der Waals surface area (Å²) in [5.74, 6) is -1.44. The van der Waals surface area contributed by atoms with Crippen LogP contribution in [0.4, 0.5) is 5.69 Å². The number of anilines is 1. The summed E-state index contributed by atoms with van der Waals surface area (Å²) in [5.41, 5.74) is -0.0732. The predicted molar refractivity (Wildman–Crippen MR) is 70.4 cm³/mol. The standard InChI is InChI=1S/C13H12N2O6/c1-7-4-12(15-21-7)20-6-11(17)14-8-2-3-10(16)9(5-8)13(18)19/h2-5,16H,6H2,1H3,(H,14,17)(H,18,19). The van der Waals surface area contributed by atoms with Gasteiger partial charge in [-0.05, 0) is 30.3 Å². The molecular formula is C13H12N2O6. The average molecular weight is 292 g/mol. The third kappa shape index (κ3) is 3.72. The van der Waals surface area contributed by atoms with Crippen LogP contribution in [0, 0.1) is 6.92 Å². The van der Waals surface area contributed by atoms with E-state index in [9.17, 15) is 14.7 Å². The number of aromatic carboxylic acids is 1. The van der Waals surface area contributed by atoms with Gasteiger partial charge in [-0.15, -0.1) is 0 Å². The van der Waals surface area contributed by atoms with E-state index in [1.807, 2.05) is 0 Å². The SMILES string of the molecule is Cc1cc(OCC(=O)Nc2ccc(O)c(C(=O)O)c2)no1. The molecule has 8 heteroatoms. The number of benzene rings is 1. The molecule has 0 saturated heterocycles. The highest BCUT2D eigenvalue weighted by Gasteiger charge is 2.12. The first-order chi connectivity index (χ1) is 9.95. The maximum Gasteiger partial charge on any atom is 0.339 e. The van der Waals surface area contributed by atoms with Crippen molar-refractivity contribution in [3.8, 4) is 11.6 Å². The fourth-order valence-corrected chi connectivity index (χ4v) is 1.53. The zero-order valence-corrected chi connectivity index (χ0v) is 11.0. The maximum atomic E-state index is 11.7. The highest BCUT2D eigenvalue weighted by molar-refractivity contribution is 5.96. The summed E-state index contributed by atoms with van der Waals surface area (Å²) in [5, 5.41) is 24.2. The fourth-order valence-electron chi connectivity index (χ4n) is 1.53. The van der Waals surface area contributed by atoms with Gasteiger partial charge in [0.25, 0.3) is 11.8 Å². The lowest BCUT2D eigenvalue weighted by Crippen LogP contribution is -2.20. The van der Waals surface area contributed by atoms with E-state index in [0.29, 0.717) is 5.76 Å². The predicted octanol–water partition coefficient (Wildman–Crippen LogP) is 1.40. The molecule has 0 spiro atoms. The number of carboxylic acids is 1. The minimum atomic E-state index is -1.29. The number of carbonyl (C=O) groups excluding carboxylic acids is 1. The Morgan fingerprint density at radius 3 is 2.76 bits per heavy atom. The summed E-state index contributed by atoms with van der Waals surface area (Å²) < 4.78 is 9.85. The molecule has 110 valence electrons. The molecule has 0 bridgehead atoms. The minimum Gasteiger partial charge on any atom is -0.507 e. The van der Waals surface area contributed by atoms with Crippen molar-refractivity contribution in [1.82, 2.24) is 5.16 Å². The van der Waals surface area contributed by atoms with Crippen molar-refractivity contribution >= 4 is 17.6 Å². The van der Waals surface area contributed by atoms with Crippen LogP contribution in [0.15, 0.2) is 28.8 Å². The number of nitrogens with zero attached hydrogens (tertiary/aromatic N) is 1. The number of carboxylic acid groups (broad SMARTS) is 1. The second kappa shape index (κ2) is 5.95. The smallest absolute Gasteiger partial charge is 0.339 e. The molecule has 0 aliphatic heterocycles. The maximum absolute atomic E-state index is 11.7. The van der Waals surface area contributed by atoms with Gasteiger partial charge in [0, 0.05) is 11.8 Å². The third-order valence-electron chi connectivity index (χ3n) is 2.47. The molecule has 0 radical (unpaired) electrons. The fraction of sp³-hybridized carbons (Fsp3) is 0.154. The van der Waals surface area contributed by atoms with Crippen LogP contribution in [-0.2, 0) is 4.79 Å². The molecule has 21 heavy (non-hydrogen) atoms. The summed E-state index contributed by atoms with van der Waals surface area (Å²) in [6.45, 7) is 1.37. The lowest BCUT2D eigenvalue weighted by molar-refractivity contribution is -0.118. The van der Waals surface area contributed by atoms with Gasteiger partial charge in [0.05, 0.1) is 0 Å². The Kier molecular flexibility index (Phi) is 4.07. The molecule has 0 fully saturated rings. The molecule has 1 aromatic heterocycles. The Morgan fingerprint density at radius 2 is 2.14 bits per heavy atom. The largest absolute Gasteiger partial charge is 0.507 e. The second-order valence-electron chi connectivity index (χ2n) is 4.15. The summed E-state index contributed by atoms with van der Waals surface area (Å²) in [4.78, 5) is 22.5. The van der Waals surface area contributed by atoms with Gasteiger partial charge in [-0.3, -0.25) is 4.79 Å². The number of aryl methyl sites for hydroxylation is 1. The molecule has 0 saturated carbocycles. The van der Waals surface area contributed by atoms with Crippen molar-refractivity contribution in [3.63, 3.8) is 0 Å². The van der Waals surface area contributed by atoms with E-state index >= 15 is 0 Å². The van der Waals surface area contributed by atoms with Crippen LogP contribution in [-0.4, -0.2) is 33.9 Å². The first-order valence-corrected chi connectivity index (χ1v) is 5.88. The normalized spacial score (nSPS) is 10.1. The van der Waals surface area contributed by atoms with Crippen LogP contribution in [0.3, 0.4) is 0 Å². The van der Waals surface area contributed by atoms with Crippen molar-refractivity contribution in [2.75, 3.05) is 11.9 Å². The highest BCUT2D eigenvalue weighted by atomic mass is 16.5. The number of hydrogen-bond donors (Lipinski definition) is 3. The molecule has 0 unspecified atom stereocenters. The minimum absolute atomic E-state index is 0.180. The molecule has 2 aromatic rings. The Hall–Kier alpha value is -3.03. The van der Waals surface area contributed by atoms with Crippen LogP contribution in [0.5, 0.6) is 11.6 Å². The Morgan fingerprint density at radius 1 is 1.38 bits per heavy atom. The summed E-state index contributed by atoms with van der Waals surface area (Å²) in [6, 6.07) is 5.23. The van der Waals surface area contributed by atoms with Gasteiger partial charge >= 0.3 is 5.97 Å². The monoisotopic (exact) mass is 292 g/mol. The molecule has 0 aliphatic carbocycles. The zero-order valence-electron chi connectivity index (χ0n) is 11.0. The van der Waals surface area contributed by atoms with E-state index in [0.717, 1.165) is 6.07 Å². The van der Waals surface area contributed by atoms with Crippen molar-refractivity contribution in [3.05, 3.63) is 35.6 Å². The molecule has 0 aliphatic rings. The summed E-state index contributed by atoms with van der Waals surface area (Å²) in [7, 11) is 0. The third-order valence-corrected chi connectivity index (χ3v) is 2.47. The summed E-state index contributed by atoms with van der Waals surface area (Å²) in [6.07, 6.45) is 0. The average Bonchev–Trinajstić information content (AvgIpc) is 2.84. The van der Waals surface area contributed by atoms with Crippen LogP contribution in [0.25, 0.3) is 0 Å². The number of carbonyl (C=O) groups is 2. The molecule has 1 amide bonds. The Balaban J connectivity index is 1.96. The molecule has 1 heterocycles. The van der Waals surface area contributed by atoms with Crippen LogP contribution in [0.2, 0.25) is 0 Å². The number of hydrogen-bond acceptors (Lipinski definition) is 6. The van der Waals surface area contributed by atoms with Gasteiger partial charge in [-0.2, -0.15) is 0 Å². The van der Waals surface area contributed by atoms with Crippen LogP contribution < -0.4 is 10.1 Å². The first kappa shape index (κ1) is 14.4. The van der Waals surface area contributed by atoms with E-state index in [1.165, 1.54) is 18.2 Å². The number of amides is 1. The lowest BCUT2D eigenvalue weighted by Gasteiger charge is -2.07. The van der Waals surface area contributed by atoms with E-state index < -0.39 is 11.9 Å². The number of aromatic hydroxyl groups is 1. The van der Waals surface area contributed by atoms with Gasteiger partial charge in [0.1, 0.15) is 17.1 Å². The van der Waals surface area contributed by atoms with Crippen LogP contribution >= 0.6 is 0 Å². The molecule has 8 nitrogen and oxygen atoms in total. The lowest BCUT2D eigenvalue weighted by atomic mass is 10.2. The highest BCUT2D eigenvalue weighted by Crippen LogP contribution is 2.21. The number of rotatable bonds is 5. The van der Waals surface area contributed by atoms with E-state index in [1.54, 1.807) is 6.92 Å². The Bertz CT molecular complexity index is 679. The van der Waals surface area contributed by atoms with Crippen molar-refractivity contribution < 1.29 is 29.1 Å². The van der Waals surface area contributed by atoms with Gasteiger partial charge in [0.2, 0.25) is 0 Å². The van der Waals surface area contributed by atoms with Crippen molar-refractivity contribution in [2.45, 2.75) is 6.92 Å². The van der Waals surface area contributed by atoms with Gasteiger partial charge in [-0.25, -0.2) is 4.79 Å². The number of phenols is 1. The van der Waals surface area contributed by atoms with Crippen LogP contribution in [0.1, 0.15) is 16.1 Å². The number of aromatic nitrogens is 1. The van der Waals surface area contributed by atoms with Gasteiger partial charge < -0.3 is 24.8 Å². The van der Waals surface area contributed by atoms with E-state index in [-0.39, 0.29) is 29.5 Å². The zero-order chi connectivity index (χ0) is 15.4. The van der Waals surface area contributed by atoms with Gasteiger partial charge in [-0.1, -0.05) is 0 Å². The number of ether oxygens (including phenoxy) is 1. The van der Waals surface area contributed by atoms with Gasteiger partial charge in [0.15, 0.2) is 6.61 Å². The Labute approximate surface area is 118 Å². The quantitative estimate of drug-likeness (QED) is 0.712. The molecule has 2 rings (SSSR count). The first-order valence-electron chi connectivity index (χ1n) is 5.88. The van der Waals surface area contributed by atoms with E-state index in [2.05, 4.69) is 10.5 Å². The molecular weight excluding hydrogens is 280 g/mol.